The Bertz CT molecular complexity index is 399. The molecule has 0 aliphatic carbocycles. The van der Waals surface area contributed by atoms with Gasteiger partial charge in [0.1, 0.15) is 0 Å². The van der Waals surface area contributed by atoms with Gasteiger partial charge in [0.25, 0.3) is 0 Å². The van der Waals surface area contributed by atoms with Crippen LogP contribution in [-0.4, -0.2) is 44.9 Å². The van der Waals surface area contributed by atoms with E-state index < -0.39 is 28.7 Å². The van der Waals surface area contributed by atoms with Gasteiger partial charge in [0.15, 0.2) is 10.1 Å². The van der Waals surface area contributed by atoms with E-state index in [4.69, 9.17) is 9.47 Å². The molecule has 0 fully saturated rings. The zero-order valence-corrected chi connectivity index (χ0v) is 11.7. The van der Waals surface area contributed by atoms with E-state index in [1.807, 2.05) is 0 Å². The lowest BCUT2D eigenvalue weighted by Gasteiger charge is -2.35. The minimum absolute atomic E-state index is 0.283. The van der Waals surface area contributed by atoms with Gasteiger partial charge in [-0.3, -0.25) is 0 Å². The fourth-order valence-electron chi connectivity index (χ4n) is 1.63. The molecular weight excluding hydrogens is 272 g/mol. The van der Waals surface area contributed by atoms with Gasteiger partial charge in [-0.15, -0.1) is 0 Å². The van der Waals surface area contributed by atoms with Crippen LogP contribution in [0.3, 0.4) is 0 Å². The third-order valence-corrected chi connectivity index (χ3v) is 2.30. The quantitative estimate of drug-likeness (QED) is 0.525. The molecule has 0 aromatic heterocycles. The average Bonchev–Trinajstić information content (AvgIpc) is 2.26. The molecule has 1 aliphatic rings. The van der Waals surface area contributed by atoms with Gasteiger partial charge in [-0.2, -0.15) is 0 Å². The monoisotopic (exact) mass is 290 g/mol. The van der Waals surface area contributed by atoms with Crippen LogP contribution in [0, 0.1) is 20.2 Å². The molecule has 0 saturated carbocycles. The van der Waals surface area contributed by atoms with E-state index in [0.29, 0.717) is 10.0 Å². The fourth-order valence-corrected chi connectivity index (χ4v) is 1.63. The smallest absolute Gasteiger partial charge is 0.327 e. The molecule has 1 aliphatic heterocycles. The number of hydrazine groups is 2. The maximum Gasteiger partial charge on any atom is 0.327 e. The number of ether oxygens (including phenoxy) is 2. The molecule has 0 aromatic carbocycles. The van der Waals surface area contributed by atoms with E-state index in [-0.39, 0.29) is 6.10 Å². The molecule has 114 valence electrons. The maximum atomic E-state index is 11.2. The lowest BCUT2D eigenvalue weighted by Crippen LogP contribution is -2.60. The van der Waals surface area contributed by atoms with E-state index in [1.54, 1.807) is 27.7 Å². The maximum absolute atomic E-state index is 11.2. The second-order valence-electron chi connectivity index (χ2n) is 4.66. The molecule has 0 saturated heterocycles. The van der Waals surface area contributed by atoms with E-state index in [0.717, 1.165) is 6.20 Å². The Morgan fingerprint density at radius 2 is 1.60 bits per heavy atom. The first kappa shape index (κ1) is 16.1. The number of nitrogens with zero attached hydrogens (tertiary/aromatic N) is 4. The zero-order chi connectivity index (χ0) is 15.4. The highest BCUT2D eigenvalue weighted by molar-refractivity contribution is 4.92. The Morgan fingerprint density at radius 1 is 1.05 bits per heavy atom. The first-order chi connectivity index (χ1) is 9.23. The molecule has 0 N–H and O–H groups in total. The van der Waals surface area contributed by atoms with Gasteiger partial charge < -0.3 is 9.47 Å². The summed E-state index contributed by atoms with van der Waals surface area (Å²) in [5.74, 6) is 0. The molecule has 10 nitrogen and oxygen atoms in total. The molecule has 1 heterocycles. The molecular formula is C10H18N4O6. The first-order valence-corrected chi connectivity index (χ1v) is 6.08. The van der Waals surface area contributed by atoms with Crippen molar-refractivity contribution >= 4 is 0 Å². The van der Waals surface area contributed by atoms with Crippen LogP contribution in [0.5, 0.6) is 0 Å². The summed E-state index contributed by atoms with van der Waals surface area (Å²) in [5, 5.41) is 21.7. The predicted molar refractivity (Wildman–Crippen MR) is 66.8 cm³/mol. The van der Waals surface area contributed by atoms with Crippen molar-refractivity contribution in [3.05, 3.63) is 32.5 Å². The highest BCUT2D eigenvalue weighted by atomic mass is 16.7. The van der Waals surface area contributed by atoms with Crippen LogP contribution in [0.25, 0.3) is 0 Å². The van der Waals surface area contributed by atoms with Crippen LogP contribution in [0.1, 0.15) is 27.7 Å². The zero-order valence-electron chi connectivity index (χ0n) is 11.7. The molecule has 0 amide bonds. The minimum Gasteiger partial charge on any atom is -0.347 e. The van der Waals surface area contributed by atoms with E-state index in [1.165, 1.54) is 6.08 Å². The number of nitro groups is 2. The highest BCUT2D eigenvalue weighted by Gasteiger charge is 2.47. The van der Waals surface area contributed by atoms with Gasteiger partial charge in [0.05, 0.1) is 18.4 Å². The summed E-state index contributed by atoms with van der Waals surface area (Å²) < 4.78 is 10.7. The van der Waals surface area contributed by atoms with Gasteiger partial charge in [-0.05, 0) is 43.8 Å². The Morgan fingerprint density at radius 3 is 2.00 bits per heavy atom. The van der Waals surface area contributed by atoms with Crippen molar-refractivity contribution in [2.75, 3.05) is 0 Å². The Kier molecular flexibility index (Phi) is 5.22. The average molecular weight is 290 g/mol. The van der Waals surface area contributed by atoms with E-state index >= 15 is 0 Å². The number of hydrogen-bond donors (Lipinski definition) is 0. The summed E-state index contributed by atoms with van der Waals surface area (Å²) in [6, 6.07) is 0. The molecule has 10 heteroatoms. The van der Waals surface area contributed by atoms with Crippen molar-refractivity contribution < 1.29 is 19.5 Å². The summed E-state index contributed by atoms with van der Waals surface area (Å²) in [7, 11) is 0. The van der Waals surface area contributed by atoms with Crippen LogP contribution < -0.4 is 0 Å². The van der Waals surface area contributed by atoms with Crippen molar-refractivity contribution in [1.82, 2.24) is 10.0 Å². The molecule has 2 atom stereocenters. The first-order valence-electron chi connectivity index (χ1n) is 6.08. The topological polar surface area (TPSA) is 111 Å². The van der Waals surface area contributed by atoms with E-state index in [2.05, 4.69) is 0 Å². The van der Waals surface area contributed by atoms with Crippen LogP contribution in [0.15, 0.2) is 12.3 Å². The lowest BCUT2D eigenvalue weighted by atomic mass is 10.4. The summed E-state index contributed by atoms with van der Waals surface area (Å²) in [6.07, 6.45) is -0.880. The van der Waals surface area contributed by atoms with Crippen molar-refractivity contribution in [3.8, 4) is 0 Å². The molecule has 0 spiro atoms. The van der Waals surface area contributed by atoms with Gasteiger partial charge in [0, 0.05) is 0 Å². The fraction of sp³-hybridized carbons (Fsp3) is 0.800. The Hall–Kier alpha value is -1.94. The van der Waals surface area contributed by atoms with Gasteiger partial charge in [0.2, 0.25) is 6.23 Å². The van der Waals surface area contributed by atoms with Gasteiger partial charge in [-0.1, -0.05) is 0 Å². The van der Waals surface area contributed by atoms with Crippen molar-refractivity contribution in [2.24, 2.45) is 0 Å². The van der Waals surface area contributed by atoms with Crippen molar-refractivity contribution in [1.29, 1.82) is 0 Å². The van der Waals surface area contributed by atoms with Crippen LogP contribution in [0.2, 0.25) is 0 Å². The number of hydrogen-bond acceptors (Lipinski definition) is 6. The molecule has 1 rings (SSSR count). The predicted octanol–water partition coefficient (Wildman–Crippen LogP) is 0.961. The molecule has 0 radical (unpaired) electrons. The summed E-state index contributed by atoms with van der Waals surface area (Å²) >= 11 is 0. The summed E-state index contributed by atoms with van der Waals surface area (Å²) in [4.78, 5) is 22.1. The van der Waals surface area contributed by atoms with Crippen LogP contribution in [-0.2, 0) is 9.47 Å². The lowest BCUT2D eigenvalue weighted by molar-refractivity contribution is -0.751. The second-order valence-corrected chi connectivity index (χ2v) is 4.66. The SMILES string of the molecule is CC(C)OC1C=CN([N+](=O)[O-])C(OC(C)C)N1[N+](=O)[O-]. The van der Waals surface area contributed by atoms with Crippen LogP contribution >= 0.6 is 0 Å². The summed E-state index contributed by atoms with van der Waals surface area (Å²) in [6.45, 7) is 6.69. The molecule has 0 aromatic rings. The van der Waals surface area contributed by atoms with Gasteiger partial charge in [-0.25, -0.2) is 20.2 Å². The molecule has 2 unspecified atom stereocenters. The van der Waals surface area contributed by atoms with Crippen molar-refractivity contribution in [2.45, 2.75) is 52.5 Å². The minimum atomic E-state index is -1.48. The molecule has 20 heavy (non-hydrogen) atoms. The third kappa shape index (κ3) is 3.78. The Balaban J connectivity index is 3.10. The normalized spacial score (nSPS) is 22.7. The van der Waals surface area contributed by atoms with Crippen LogP contribution in [0.4, 0.5) is 0 Å². The Labute approximate surface area is 115 Å². The van der Waals surface area contributed by atoms with Gasteiger partial charge >= 0.3 is 6.35 Å². The third-order valence-electron chi connectivity index (χ3n) is 2.30. The highest BCUT2D eigenvalue weighted by Crippen LogP contribution is 2.22. The second kappa shape index (κ2) is 6.48. The standard InChI is InChI=1S/C10H18N4O6/c1-7(2)19-9-5-6-11(13(15)16)10(20-8(3)4)12(9)14(17)18/h5-10H,1-4H3. The largest absolute Gasteiger partial charge is 0.347 e. The van der Waals surface area contributed by atoms with E-state index in [9.17, 15) is 20.2 Å². The number of rotatable bonds is 6. The van der Waals surface area contributed by atoms with Crippen molar-refractivity contribution in [3.63, 3.8) is 0 Å². The summed E-state index contributed by atoms with van der Waals surface area (Å²) in [5.41, 5.74) is 0. The molecule has 0 bridgehead atoms.